The number of hydrogen-bond acceptors (Lipinski definition) is 4. The van der Waals surface area contributed by atoms with Gasteiger partial charge in [-0.2, -0.15) is 0 Å². The van der Waals surface area contributed by atoms with Gasteiger partial charge < -0.3 is 14.9 Å². The Labute approximate surface area is 117 Å². The Balaban J connectivity index is 1.79. The summed E-state index contributed by atoms with van der Waals surface area (Å²) in [5.74, 6) is -0.384. The highest BCUT2D eigenvalue weighted by Crippen LogP contribution is 2.33. The number of hydrogen-bond donors (Lipinski definition) is 1. The van der Waals surface area contributed by atoms with Crippen molar-refractivity contribution in [2.24, 2.45) is 5.92 Å². The number of rotatable bonds is 3. The summed E-state index contributed by atoms with van der Waals surface area (Å²) in [4.78, 5) is 26.9. The summed E-state index contributed by atoms with van der Waals surface area (Å²) in [6, 6.07) is 5.48. The number of amides is 1. The van der Waals surface area contributed by atoms with Crippen molar-refractivity contribution in [2.75, 3.05) is 30.4 Å². The number of carbonyl (C=O) groups excluding carboxylic acids is 2. The van der Waals surface area contributed by atoms with E-state index in [-0.39, 0.29) is 6.10 Å². The smallest absolute Gasteiger partial charge is 0.299 e. The minimum Gasteiger partial charge on any atom is -0.393 e. The number of likely N-dealkylation sites (N-methyl/N-ethyl adjacent to an activating group) is 1. The number of Topliss-reactive ketones (excluding diaryl/α,β-unsaturated/α-hetero) is 1. The van der Waals surface area contributed by atoms with Gasteiger partial charge in [-0.3, -0.25) is 9.59 Å². The van der Waals surface area contributed by atoms with Gasteiger partial charge in [0.1, 0.15) is 0 Å². The highest BCUT2D eigenvalue weighted by molar-refractivity contribution is 6.52. The SMILES string of the molecule is CN(CC1CC(O)C1)c1ccc2c(c1)N(C)C(=O)C2=O. The summed E-state index contributed by atoms with van der Waals surface area (Å²) in [6.45, 7) is 0.876. The number of benzene rings is 1. The van der Waals surface area contributed by atoms with E-state index in [4.69, 9.17) is 0 Å². The van der Waals surface area contributed by atoms with E-state index in [9.17, 15) is 14.7 Å². The van der Waals surface area contributed by atoms with Gasteiger partial charge in [0, 0.05) is 26.3 Å². The number of carbonyl (C=O) groups is 2. The lowest BCUT2D eigenvalue weighted by atomic mass is 9.82. The predicted molar refractivity (Wildman–Crippen MR) is 76.2 cm³/mol. The summed E-state index contributed by atoms with van der Waals surface area (Å²) in [5.41, 5.74) is 2.14. The minimum absolute atomic E-state index is 0.144. The van der Waals surface area contributed by atoms with Gasteiger partial charge in [0.05, 0.1) is 17.4 Å². The van der Waals surface area contributed by atoms with Crippen LogP contribution in [-0.2, 0) is 4.79 Å². The normalized spacial score (nSPS) is 24.6. The van der Waals surface area contributed by atoms with Crippen LogP contribution in [-0.4, -0.2) is 43.5 Å². The molecule has 5 heteroatoms. The van der Waals surface area contributed by atoms with Crippen LogP contribution < -0.4 is 9.80 Å². The lowest BCUT2D eigenvalue weighted by molar-refractivity contribution is -0.114. The summed E-state index contributed by atoms with van der Waals surface area (Å²) < 4.78 is 0. The van der Waals surface area contributed by atoms with Crippen LogP contribution in [0.1, 0.15) is 23.2 Å². The summed E-state index contributed by atoms with van der Waals surface area (Å²) in [7, 11) is 3.61. The molecule has 20 heavy (non-hydrogen) atoms. The fourth-order valence-corrected chi connectivity index (χ4v) is 2.95. The Bertz CT molecular complexity index is 578. The van der Waals surface area contributed by atoms with Gasteiger partial charge in [0.15, 0.2) is 0 Å². The highest BCUT2D eigenvalue weighted by Gasteiger charge is 2.34. The third-order valence-electron chi connectivity index (χ3n) is 4.27. The Kier molecular flexibility index (Phi) is 3.01. The monoisotopic (exact) mass is 274 g/mol. The predicted octanol–water partition coefficient (Wildman–Crippen LogP) is 1.05. The van der Waals surface area contributed by atoms with Crippen LogP contribution >= 0.6 is 0 Å². The van der Waals surface area contributed by atoms with Crippen molar-refractivity contribution in [2.45, 2.75) is 18.9 Å². The molecule has 1 fully saturated rings. The Morgan fingerprint density at radius 2 is 2.05 bits per heavy atom. The summed E-state index contributed by atoms with van der Waals surface area (Å²) in [5, 5.41) is 9.32. The zero-order chi connectivity index (χ0) is 14.4. The molecule has 0 unspecified atom stereocenters. The molecular weight excluding hydrogens is 256 g/mol. The molecule has 1 aliphatic heterocycles. The molecule has 1 N–H and O–H groups in total. The first kappa shape index (κ1) is 13.1. The van der Waals surface area contributed by atoms with Crippen molar-refractivity contribution in [3.8, 4) is 0 Å². The second kappa shape index (κ2) is 4.59. The van der Waals surface area contributed by atoms with Gasteiger partial charge in [-0.25, -0.2) is 0 Å². The second-order valence-electron chi connectivity index (χ2n) is 5.77. The van der Waals surface area contributed by atoms with Crippen LogP contribution in [0.25, 0.3) is 0 Å². The van der Waals surface area contributed by atoms with Crippen LogP contribution in [0.3, 0.4) is 0 Å². The van der Waals surface area contributed by atoms with E-state index >= 15 is 0 Å². The lowest BCUT2D eigenvalue weighted by Crippen LogP contribution is -2.37. The second-order valence-corrected chi connectivity index (χ2v) is 5.77. The average molecular weight is 274 g/mol. The van der Waals surface area contributed by atoms with Crippen molar-refractivity contribution in [3.05, 3.63) is 23.8 Å². The first-order valence-electron chi connectivity index (χ1n) is 6.83. The molecule has 0 aromatic heterocycles. The Hall–Kier alpha value is -1.88. The zero-order valence-corrected chi connectivity index (χ0v) is 11.7. The third-order valence-corrected chi connectivity index (χ3v) is 4.27. The van der Waals surface area contributed by atoms with E-state index in [0.29, 0.717) is 17.2 Å². The third kappa shape index (κ3) is 1.98. The first-order chi connectivity index (χ1) is 9.47. The maximum absolute atomic E-state index is 11.7. The molecular formula is C15H18N2O3. The molecule has 0 radical (unpaired) electrons. The van der Waals surface area contributed by atoms with E-state index in [1.54, 1.807) is 13.1 Å². The van der Waals surface area contributed by atoms with Gasteiger partial charge in [-0.05, 0) is 37.0 Å². The molecule has 2 aliphatic rings. The van der Waals surface area contributed by atoms with Gasteiger partial charge in [-0.15, -0.1) is 0 Å². The van der Waals surface area contributed by atoms with Crippen LogP contribution in [0.2, 0.25) is 0 Å². The van der Waals surface area contributed by atoms with E-state index in [1.807, 2.05) is 19.2 Å². The van der Waals surface area contributed by atoms with E-state index in [2.05, 4.69) is 4.90 Å². The van der Waals surface area contributed by atoms with Crippen LogP contribution in [0.5, 0.6) is 0 Å². The van der Waals surface area contributed by atoms with Gasteiger partial charge in [0.2, 0.25) is 0 Å². The fourth-order valence-electron chi connectivity index (χ4n) is 2.95. The average Bonchev–Trinajstić information content (AvgIpc) is 2.62. The summed E-state index contributed by atoms with van der Waals surface area (Å²) in [6.07, 6.45) is 1.56. The van der Waals surface area contributed by atoms with Crippen molar-refractivity contribution in [3.63, 3.8) is 0 Å². The molecule has 1 saturated carbocycles. The quantitative estimate of drug-likeness (QED) is 0.837. The minimum atomic E-state index is -0.470. The molecule has 0 bridgehead atoms. The molecule has 1 amide bonds. The van der Waals surface area contributed by atoms with Gasteiger partial charge in [-0.1, -0.05) is 0 Å². The largest absolute Gasteiger partial charge is 0.393 e. The maximum atomic E-state index is 11.7. The molecule has 3 rings (SSSR count). The molecule has 1 heterocycles. The maximum Gasteiger partial charge on any atom is 0.299 e. The molecule has 1 aromatic carbocycles. The van der Waals surface area contributed by atoms with Crippen LogP contribution in [0, 0.1) is 5.92 Å². The zero-order valence-electron chi connectivity index (χ0n) is 11.7. The Morgan fingerprint density at radius 1 is 1.35 bits per heavy atom. The fraction of sp³-hybridized carbons (Fsp3) is 0.467. The van der Waals surface area contributed by atoms with Gasteiger partial charge in [0.25, 0.3) is 11.7 Å². The van der Waals surface area contributed by atoms with Crippen LogP contribution in [0.15, 0.2) is 18.2 Å². The summed E-state index contributed by atoms with van der Waals surface area (Å²) >= 11 is 0. The lowest BCUT2D eigenvalue weighted by Gasteiger charge is -2.35. The number of aliphatic hydroxyl groups is 1. The molecule has 5 nitrogen and oxygen atoms in total. The number of ketones is 1. The Morgan fingerprint density at radius 3 is 2.70 bits per heavy atom. The van der Waals surface area contributed by atoms with Gasteiger partial charge >= 0.3 is 0 Å². The molecule has 1 aliphatic carbocycles. The highest BCUT2D eigenvalue weighted by atomic mass is 16.3. The van der Waals surface area contributed by atoms with Crippen molar-refractivity contribution < 1.29 is 14.7 Å². The van der Waals surface area contributed by atoms with E-state index in [0.717, 1.165) is 25.1 Å². The number of nitrogens with zero attached hydrogens (tertiary/aromatic N) is 2. The van der Waals surface area contributed by atoms with Crippen molar-refractivity contribution in [1.29, 1.82) is 0 Å². The van der Waals surface area contributed by atoms with E-state index in [1.165, 1.54) is 4.90 Å². The first-order valence-corrected chi connectivity index (χ1v) is 6.83. The van der Waals surface area contributed by atoms with Crippen molar-refractivity contribution in [1.82, 2.24) is 0 Å². The molecule has 106 valence electrons. The van der Waals surface area contributed by atoms with Crippen molar-refractivity contribution >= 4 is 23.1 Å². The molecule has 0 spiro atoms. The topological polar surface area (TPSA) is 60.9 Å². The number of aliphatic hydroxyl groups excluding tert-OH is 1. The molecule has 0 atom stereocenters. The van der Waals surface area contributed by atoms with Crippen LogP contribution in [0.4, 0.5) is 11.4 Å². The number of fused-ring (bicyclic) bond motifs is 1. The standard InChI is InChI=1S/C15H18N2O3/c1-16(8-9-5-11(18)6-9)10-3-4-12-13(7-10)17(2)15(20)14(12)19/h3-4,7,9,11,18H,5-6,8H2,1-2H3. The molecule has 1 aromatic rings. The van der Waals surface area contributed by atoms with E-state index < -0.39 is 11.7 Å². The molecule has 0 saturated heterocycles. The number of anilines is 2.